The van der Waals surface area contributed by atoms with Crippen molar-refractivity contribution in [2.45, 2.75) is 71.6 Å². The summed E-state index contributed by atoms with van der Waals surface area (Å²) in [5.41, 5.74) is 15.2. The van der Waals surface area contributed by atoms with Gasteiger partial charge in [0.15, 0.2) is 0 Å². The topological polar surface area (TPSA) is 8.17 Å². The third-order valence-corrected chi connectivity index (χ3v) is 11.7. The molecule has 8 aromatic rings. The third-order valence-electron chi connectivity index (χ3n) is 11.7. The van der Waals surface area contributed by atoms with Crippen LogP contribution in [0.15, 0.2) is 146 Å². The lowest BCUT2D eigenvalue weighted by Crippen LogP contribution is -2.17. The van der Waals surface area contributed by atoms with E-state index in [0.717, 1.165) is 11.4 Å². The second-order valence-corrected chi connectivity index (χ2v) is 17.5. The molecule has 262 valence electrons. The van der Waals surface area contributed by atoms with Gasteiger partial charge in [-0.05, 0) is 110 Å². The van der Waals surface area contributed by atoms with Crippen molar-refractivity contribution in [2.75, 3.05) is 4.90 Å². The summed E-state index contributed by atoms with van der Waals surface area (Å²) in [5.74, 6) is 0. The molecule has 9 rings (SSSR count). The summed E-state index contributed by atoms with van der Waals surface area (Å²) in [7, 11) is 0. The molecular formula is C51H48N2. The van der Waals surface area contributed by atoms with E-state index in [1.165, 1.54) is 77.3 Å². The number of rotatable bonds is 4. The largest absolute Gasteiger partial charge is 0.310 e. The van der Waals surface area contributed by atoms with Crippen LogP contribution in [0.2, 0.25) is 0 Å². The van der Waals surface area contributed by atoms with E-state index < -0.39 is 0 Å². The van der Waals surface area contributed by atoms with Gasteiger partial charge in [-0.15, -0.1) is 0 Å². The summed E-state index contributed by atoms with van der Waals surface area (Å²) in [6.07, 6.45) is 0. The first-order valence-corrected chi connectivity index (χ1v) is 19.0. The van der Waals surface area contributed by atoms with Crippen LogP contribution in [-0.4, -0.2) is 4.57 Å². The lowest BCUT2D eigenvalue weighted by molar-refractivity contribution is 0.590. The first kappa shape index (κ1) is 33.3. The summed E-state index contributed by atoms with van der Waals surface area (Å²) in [6, 6.07) is 54.6. The second-order valence-electron chi connectivity index (χ2n) is 17.5. The molecule has 1 heterocycles. The highest BCUT2D eigenvalue weighted by atomic mass is 15.1. The minimum absolute atomic E-state index is 0.0741. The fourth-order valence-electron chi connectivity index (χ4n) is 8.71. The fraction of sp³-hybridized carbons (Fsp3) is 0.216. The van der Waals surface area contributed by atoms with Crippen molar-refractivity contribution in [3.8, 4) is 16.8 Å². The van der Waals surface area contributed by atoms with E-state index in [-0.39, 0.29) is 16.2 Å². The number of nitrogens with zero attached hydrogens (tertiary/aromatic N) is 2. The van der Waals surface area contributed by atoms with Crippen LogP contribution in [0.1, 0.15) is 77.6 Å². The Morgan fingerprint density at radius 1 is 0.472 bits per heavy atom. The van der Waals surface area contributed by atoms with Crippen molar-refractivity contribution in [3.05, 3.63) is 168 Å². The molecule has 0 amide bonds. The molecule has 0 N–H and O–H groups in total. The van der Waals surface area contributed by atoms with Gasteiger partial charge in [-0.2, -0.15) is 0 Å². The smallest absolute Gasteiger partial charge is 0.0547 e. The Labute approximate surface area is 314 Å². The van der Waals surface area contributed by atoms with E-state index in [1.807, 2.05) is 0 Å². The van der Waals surface area contributed by atoms with E-state index in [2.05, 4.69) is 210 Å². The molecule has 0 saturated carbocycles. The molecule has 1 aromatic heterocycles. The number of anilines is 3. The van der Waals surface area contributed by atoms with Gasteiger partial charge >= 0.3 is 0 Å². The Balaban J connectivity index is 1.32. The number of hydrogen-bond donors (Lipinski definition) is 0. The van der Waals surface area contributed by atoms with Crippen LogP contribution in [-0.2, 0) is 16.2 Å². The zero-order valence-electron chi connectivity index (χ0n) is 32.3. The number of aromatic nitrogens is 1. The van der Waals surface area contributed by atoms with E-state index in [0.29, 0.717) is 0 Å². The Kier molecular flexibility index (Phi) is 7.34. The number of fused-ring (bicyclic) bond motifs is 8. The monoisotopic (exact) mass is 688 g/mol. The van der Waals surface area contributed by atoms with Crippen molar-refractivity contribution in [3.63, 3.8) is 0 Å². The van der Waals surface area contributed by atoms with Crippen LogP contribution in [0.4, 0.5) is 17.1 Å². The first-order valence-electron chi connectivity index (χ1n) is 19.0. The Morgan fingerprint density at radius 2 is 1.00 bits per heavy atom. The second kappa shape index (κ2) is 11.7. The average molecular weight is 689 g/mol. The van der Waals surface area contributed by atoms with Gasteiger partial charge in [-0.1, -0.05) is 140 Å². The molecule has 7 aromatic carbocycles. The summed E-state index contributed by atoms with van der Waals surface area (Å²) in [4.78, 5) is 2.48. The molecule has 53 heavy (non-hydrogen) atoms. The SMILES string of the molecule is CC(C)(C)c1ccc(N(c2ccc(C(C)(C)C)cc2)c2cc3c(c4ccccc24)-c2cc4c(cc2C3(C)C)c2ccccc2n4-c2ccccc2)cc1. The molecule has 0 spiro atoms. The molecule has 0 radical (unpaired) electrons. The third kappa shape index (κ3) is 5.22. The van der Waals surface area contributed by atoms with E-state index in [4.69, 9.17) is 0 Å². The summed E-state index contributed by atoms with van der Waals surface area (Å²) < 4.78 is 2.44. The van der Waals surface area contributed by atoms with Gasteiger partial charge in [0, 0.05) is 38.6 Å². The fourth-order valence-corrected chi connectivity index (χ4v) is 8.71. The van der Waals surface area contributed by atoms with Gasteiger partial charge in [0.2, 0.25) is 0 Å². The molecule has 0 unspecified atom stereocenters. The van der Waals surface area contributed by atoms with E-state index in [9.17, 15) is 0 Å². The predicted octanol–water partition coefficient (Wildman–Crippen LogP) is 14.3. The minimum atomic E-state index is -0.217. The zero-order valence-corrected chi connectivity index (χ0v) is 32.3. The predicted molar refractivity (Wildman–Crippen MR) is 228 cm³/mol. The molecule has 2 heteroatoms. The van der Waals surface area contributed by atoms with Crippen molar-refractivity contribution in [1.82, 2.24) is 4.57 Å². The van der Waals surface area contributed by atoms with Gasteiger partial charge in [0.25, 0.3) is 0 Å². The van der Waals surface area contributed by atoms with Gasteiger partial charge in [-0.3, -0.25) is 0 Å². The molecule has 1 aliphatic rings. The highest BCUT2D eigenvalue weighted by molar-refractivity contribution is 6.15. The number of benzene rings is 7. The molecule has 0 bridgehead atoms. The Morgan fingerprint density at radius 3 is 1.58 bits per heavy atom. The van der Waals surface area contributed by atoms with E-state index >= 15 is 0 Å². The molecule has 0 saturated heterocycles. The molecule has 0 fully saturated rings. The Bertz CT molecular complexity index is 2620. The maximum Gasteiger partial charge on any atom is 0.0547 e. The average Bonchev–Trinajstić information content (AvgIpc) is 3.58. The Hall–Kier alpha value is -5.60. The van der Waals surface area contributed by atoms with Gasteiger partial charge < -0.3 is 9.47 Å². The van der Waals surface area contributed by atoms with Crippen LogP contribution in [0.3, 0.4) is 0 Å². The maximum atomic E-state index is 2.50. The van der Waals surface area contributed by atoms with Crippen LogP contribution in [0, 0.1) is 0 Å². The molecule has 0 atom stereocenters. The molecule has 2 nitrogen and oxygen atoms in total. The van der Waals surface area contributed by atoms with Gasteiger partial charge in [-0.25, -0.2) is 0 Å². The van der Waals surface area contributed by atoms with Crippen molar-refractivity contribution in [2.24, 2.45) is 0 Å². The quantitative estimate of drug-likeness (QED) is 0.179. The van der Waals surface area contributed by atoms with Gasteiger partial charge in [0.1, 0.15) is 0 Å². The van der Waals surface area contributed by atoms with E-state index in [1.54, 1.807) is 0 Å². The van der Waals surface area contributed by atoms with Gasteiger partial charge in [0.05, 0.1) is 16.7 Å². The highest BCUT2D eigenvalue weighted by Crippen LogP contribution is 2.56. The standard InChI is InChI=1S/C51H48N2/c1-49(2,3)33-22-26-36(27-23-33)52(37-28-24-34(25-29-37)50(4,5)6)47-32-44-48(40-20-13-12-18-38(40)47)42-31-46-41(30-43(42)51(44,7)8)39-19-14-15-21-45(39)53(46)35-16-10-9-11-17-35/h9-32H,1-8H3. The maximum absolute atomic E-state index is 2.50. The summed E-state index contributed by atoms with van der Waals surface area (Å²) >= 11 is 0. The van der Waals surface area contributed by atoms with Crippen LogP contribution in [0.25, 0.3) is 49.4 Å². The highest BCUT2D eigenvalue weighted by Gasteiger charge is 2.39. The van der Waals surface area contributed by atoms with Crippen molar-refractivity contribution >= 4 is 49.6 Å². The number of hydrogen-bond acceptors (Lipinski definition) is 1. The van der Waals surface area contributed by atoms with Crippen molar-refractivity contribution < 1.29 is 0 Å². The molecular weight excluding hydrogens is 641 g/mol. The normalized spacial score (nSPS) is 13.8. The van der Waals surface area contributed by atoms with Crippen LogP contribution in [0.5, 0.6) is 0 Å². The summed E-state index contributed by atoms with van der Waals surface area (Å²) in [6.45, 7) is 18.5. The number of para-hydroxylation sites is 2. The molecule has 0 aliphatic heterocycles. The molecule has 1 aliphatic carbocycles. The first-order chi connectivity index (χ1) is 25.3. The van der Waals surface area contributed by atoms with Crippen LogP contribution >= 0.6 is 0 Å². The zero-order chi connectivity index (χ0) is 36.9. The van der Waals surface area contributed by atoms with Crippen molar-refractivity contribution in [1.29, 1.82) is 0 Å². The lowest BCUT2D eigenvalue weighted by atomic mass is 9.81. The lowest BCUT2D eigenvalue weighted by Gasteiger charge is -2.31. The minimum Gasteiger partial charge on any atom is -0.310 e. The summed E-state index contributed by atoms with van der Waals surface area (Å²) in [5, 5.41) is 5.12. The van der Waals surface area contributed by atoms with Crippen LogP contribution < -0.4 is 4.90 Å².